The number of unbranched alkanes of at least 4 members (excludes halogenated alkanes) is 12. The molecule has 0 heterocycles. The third-order valence-electron chi connectivity index (χ3n) is 3.72. The fraction of sp³-hybridized carbons (Fsp3) is 0.905. The van der Waals surface area contributed by atoms with E-state index in [-0.39, 0.29) is 12.4 Å². The lowest BCUT2D eigenvalue weighted by atomic mass is 10.1. The lowest BCUT2D eigenvalue weighted by Crippen LogP contribution is -1.99. The third kappa shape index (κ3) is 37.9. The summed E-state index contributed by atoms with van der Waals surface area (Å²) in [6, 6.07) is 0. The van der Waals surface area contributed by atoms with Crippen molar-refractivity contribution in [3.8, 4) is 0 Å². The lowest BCUT2D eigenvalue weighted by Gasteiger charge is -1.99. The lowest BCUT2D eigenvalue weighted by molar-refractivity contribution is 0.505. The van der Waals surface area contributed by atoms with Crippen LogP contribution in [0.4, 0.5) is 0 Å². The van der Waals surface area contributed by atoms with Crippen LogP contribution in [-0.4, -0.2) is 32.6 Å². The molecule has 0 spiro atoms. The van der Waals surface area contributed by atoms with Crippen LogP contribution < -0.4 is 5.73 Å². The normalized spacial score (nSPS) is 10.6. The quantitative estimate of drug-likeness (QED) is 0.263. The Balaban J connectivity index is -0.000000787. The Morgan fingerprint density at radius 1 is 0.625 bits per heavy atom. The molecule has 0 unspecified atom stereocenters. The van der Waals surface area contributed by atoms with Crippen molar-refractivity contribution in [3.05, 3.63) is 12.2 Å². The van der Waals surface area contributed by atoms with Crippen LogP contribution in [0.5, 0.6) is 0 Å². The van der Waals surface area contributed by atoms with Gasteiger partial charge in [-0.15, -0.1) is 12.4 Å². The maximum Gasteiger partial charge on any atom is -0.00773 e. The molecule has 0 saturated heterocycles. The molecular weight excluding hydrogens is 316 g/mol. The van der Waals surface area contributed by atoms with Gasteiger partial charge >= 0.3 is 0 Å². The van der Waals surface area contributed by atoms with Crippen molar-refractivity contribution in [1.82, 2.24) is 4.90 Å². The third-order valence-corrected chi connectivity index (χ3v) is 3.72. The van der Waals surface area contributed by atoms with Crippen molar-refractivity contribution in [1.29, 1.82) is 0 Å². The van der Waals surface area contributed by atoms with Crippen LogP contribution in [0.2, 0.25) is 0 Å². The highest BCUT2D eigenvalue weighted by atomic mass is 35.5. The van der Waals surface area contributed by atoms with Crippen LogP contribution >= 0.6 is 12.4 Å². The van der Waals surface area contributed by atoms with Crippen LogP contribution in [0.1, 0.15) is 96.8 Å². The number of nitrogens with zero attached hydrogens (tertiary/aromatic N) is 1. The Morgan fingerprint density at radius 3 is 1.33 bits per heavy atom. The highest BCUT2D eigenvalue weighted by molar-refractivity contribution is 5.85. The number of halogens is 1. The summed E-state index contributed by atoms with van der Waals surface area (Å²) < 4.78 is 0. The Morgan fingerprint density at radius 2 is 0.958 bits per heavy atom. The Bertz CT molecular complexity index is 215. The molecule has 2 N–H and O–H groups in total. The molecule has 0 radical (unpaired) electrons. The van der Waals surface area contributed by atoms with E-state index < -0.39 is 0 Å². The largest absolute Gasteiger partial charge is 0.330 e. The Labute approximate surface area is 160 Å². The van der Waals surface area contributed by atoms with Crippen molar-refractivity contribution >= 4 is 12.4 Å². The molecule has 0 rings (SSSR count). The molecule has 3 heteroatoms. The molecule has 0 fully saturated rings. The monoisotopic (exact) mass is 362 g/mol. The van der Waals surface area contributed by atoms with E-state index in [2.05, 4.69) is 19.1 Å². The summed E-state index contributed by atoms with van der Waals surface area (Å²) in [4.78, 5) is 2.00. The number of hydrogen-bond donors (Lipinski definition) is 1. The first-order valence-electron chi connectivity index (χ1n) is 10.1. The highest BCUT2D eigenvalue weighted by Gasteiger charge is 1.90. The van der Waals surface area contributed by atoms with Crippen LogP contribution in [0, 0.1) is 0 Å². The maximum atomic E-state index is 5.47. The molecule has 24 heavy (non-hydrogen) atoms. The smallest absolute Gasteiger partial charge is 0.00773 e. The van der Waals surface area contributed by atoms with Crippen LogP contribution in [0.3, 0.4) is 0 Å². The van der Waals surface area contributed by atoms with Gasteiger partial charge in [0.15, 0.2) is 0 Å². The molecule has 0 saturated carbocycles. The Hall–Kier alpha value is -0.0500. The van der Waals surface area contributed by atoms with E-state index in [1.807, 2.05) is 26.0 Å². The number of allylic oxidation sites excluding steroid dienone is 2. The van der Waals surface area contributed by atoms with E-state index in [9.17, 15) is 0 Å². The van der Waals surface area contributed by atoms with Crippen LogP contribution in [0.15, 0.2) is 12.2 Å². The molecule has 148 valence electrons. The maximum absolute atomic E-state index is 5.47. The second-order valence-corrected chi connectivity index (χ2v) is 7.07. The second-order valence-electron chi connectivity index (χ2n) is 7.07. The van der Waals surface area contributed by atoms with E-state index in [0.717, 1.165) is 6.54 Å². The highest BCUT2D eigenvalue weighted by Crippen LogP contribution is 2.09. The summed E-state index contributed by atoms with van der Waals surface area (Å²) in [6.45, 7) is 3.14. The van der Waals surface area contributed by atoms with E-state index >= 15 is 0 Å². The summed E-state index contributed by atoms with van der Waals surface area (Å²) in [5.74, 6) is 0. The second kappa shape index (κ2) is 27.8. The predicted octanol–water partition coefficient (Wildman–Crippen LogP) is 6.58. The van der Waals surface area contributed by atoms with Gasteiger partial charge in [0.1, 0.15) is 0 Å². The summed E-state index contributed by atoms with van der Waals surface area (Å²) >= 11 is 0. The summed E-state index contributed by atoms with van der Waals surface area (Å²) in [5, 5.41) is 0. The topological polar surface area (TPSA) is 29.3 Å². The minimum Gasteiger partial charge on any atom is -0.330 e. The average molecular weight is 363 g/mol. The number of rotatable bonds is 15. The molecule has 0 aromatic carbocycles. The van der Waals surface area contributed by atoms with Gasteiger partial charge in [-0.05, 0) is 59.8 Å². The van der Waals surface area contributed by atoms with Crippen molar-refractivity contribution in [2.45, 2.75) is 96.8 Å². The van der Waals surface area contributed by atoms with Crippen LogP contribution in [0.25, 0.3) is 0 Å². The van der Waals surface area contributed by atoms with E-state index in [1.54, 1.807) is 0 Å². The minimum atomic E-state index is 0. The molecule has 0 aliphatic carbocycles. The summed E-state index contributed by atoms with van der Waals surface area (Å²) in [7, 11) is 6.00. The number of hydrogen-bond acceptors (Lipinski definition) is 2. The van der Waals surface area contributed by atoms with Gasteiger partial charge in [-0.3, -0.25) is 0 Å². The molecule has 2 nitrogen and oxygen atoms in total. The summed E-state index contributed by atoms with van der Waals surface area (Å²) in [6.07, 6.45) is 23.9. The van der Waals surface area contributed by atoms with E-state index in [0.29, 0.717) is 0 Å². The first kappa shape index (κ1) is 28.7. The van der Waals surface area contributed by atoms with E-state index in [4.69, 9.17) is 5.73 Å². The molecule has 0 bridgehead atoms. The SMILES string of the molecule is CCCCCCCCC=CCCCCCCCCN.CN(C)C.Cl. The number of nitrogens with two attached hydrogens (primary N) is 1. The van der Waals surface area contributed by atoms with Gasteiger partial charge in [0.05, 0.1) is 0 Å². The Kier molecular flexibility index (Phi) is 33.3. The zero-order valence-corrected chi connectivity index (χ0v) is 18.0. The van der Waals surface area contributed by atoms with Gasteiger partial charge in [-0.2, -0.15) is 0 Å². The van der Waals surface area contributed by atoms with E-state index in [1.165, 1.54) is 89.9 Å². The fourth-order valence-electron chi connectivity index (χ4n) is 2.39. The minimum absolute atomic E-state index is 0. The molecule has 0 atom stereocenters. The van der Waals surface area contributed by atoms with Gasteiger partial charge in [-0.25, -0.2) is 0 Å². The van der Waals surface area contributed by atoms with Crippen molar-refractivity contribution in [2.24, 2.45) is 5.73 Å². The predicted molar refractivity (Wildman–Crippen MR) is 115 cm³/mol. The average Bonchev–Trinajstić information content (AvgIpc) is 2.50. The molecular formula is C21H47ClN2. The molecule has 0 aromatic rings. The van der Waals surface area contributed by atoms with Gasteiger partial charge in [0.2, 0.25) is 0 Å². The van der Waals surface area contributed by atoms with Crippen LogP contribution in [-0.2, 0) is 0 Å². The zero-order valence-electron chi connectivity index (χ0n) is 17.2. The first-order chi connectivity index (χ1) is 11.1. The standard InChI is InChI=1S/C18H37N.C3H9N.ClH/c1-2-3-4-5-6-7-8-9-10-11-12-13-14-15-16-17-18-19;1-4(2)3;/h9-10H,2-8,11-19H2,1H3;1-3H3;1H. The van der Waals surface area contributed by atoms with Gasteiger partial charge < -0.3 is 10.6 Å². The molecule has 0 aliphatic heterocycles. The van der Waals surface area contributed by atoms with Gasteiger partial charge in [0, 0.05) is 0 Å². The molecule has 0 amide bonds. The van der Waals surface area contributed by atoms with Crippen molar-refractivity contribution in [2.75, 3.05) is 27.7 Å². The first-order valence-corrected chi connectivity index (χ1v) is 10.1. The molecule has 0 aromatic heterocycles. The fourth-order valence-corrected chi connectivity index (χ4v) is 2.39. The molecule has 0 aliphatic rings. The zero-order chi connectivity index (χ0) is 17.6. The van der Waals surface area contributed by atoms with Crippen molar-refractivity contribution < 1.29 is 0 Å². The van der Waals surface area contributed by atoms with Crippen molar-refractivity contribution in [3.63, 3.8) is 0 Å². The van der Waals surface area contributed by atoms with Gasteiger partial charge in [0.25, 0.3) is 0 Å². The summed E-state index contributed by atoms with van der Waals surface area (Å²) in [5.41, 5.74) is 5.47. The van der Waals surface area contributed by atoms with Gasteiger partial charge in [-0.1, -0.05) is 76.9 Å².